The van der Waals surface area contributed by atoms with E-state index >= 15 is 0 Å². The summed E-state index contributed by atoms with van der Waals surface area (Å²) in [6.07, 6.45) is 1.62. The van der Waals surface area contributed by atoms with Gasteiger partial charge in [0, 0.05) is 12.1 Å². The number of aromatic hydroxyl groups is 1. The zero-order chi connectivity index (χ0) is 21.0. The van der Waals surface area contributed by atoms with Crippen LogP contribution in [0.2, 0.25) is 0 Å². The maximum Gasteiger partial charge on any atom is 0.342 e. The van der Waals surface area contributed by atoms with E-state index in [9.17, 15) is 14.7 Å². The van der Waals surface area contributed by atoms with Crippen LogP contribution in [0.25, 0.3) is 0 Å². The van der Waals surface area contributed by atoms with Crippen LogP contribution in [0, 0.1) is 6.92 Å². The van der Waals surface area contributed by atoms with Gasteiger partial charge < -0.3 is 24.2 Å². The minimum Gasteiger partial charge on any atom is -0.507 e. The standard InChI is InChI=1S/C22H25NO6/c1-14-6-8-19(24)17(11-14)22(26)29-13-21(25)23-10-4-5-18(23)16-12-15(27-2)7-9-20(16)28-3/h6-9,11-12,18,24H,4-5,10,13H2,1-3H3/t18-/m0/s1. The summed E-state index contributed by atoms with van der Waals surface area (Å²) in [5.41, 5.74) is 1.72. The zero-order valence-electron chi connectivity index (χ0n) is 16.8. The van der Waals surface area contributed by atoms with Crippen molar-refractivity contribution in [3.8, 4) is 17.2 Å². The van der Waals surface area contributed by atoms with Crippen molar-refractivity contribution in [2.24, 2.45) is 0 Å². The molecule has 1 aliphatic heterocycles. The highest BCUT2D eigenvalue weighted by molar-refractivity contribution is 5.94. The van der Waals surface area contributed by atoms with Gasteiger partial charge in [-0.2, -0.15) is 0 Å². The monoisotopic (exact) mass is 399 g/mol. The second-order valence-electron chi connectivity index (χ2n) is 6.95. The molecular formula is C22H25NO6. The first-order valence-corrected chi connectivity index (χ1v) is 9.42. The molecule has 0 aliphatic carbocycles. The van der Waals surface area contributed by atoms with Gasteiger partial charge in [0.1, 0.15) is 22.8 Å². The van der Waals surface area contributed by atoms with Crippen molar-refractivity contribution in [3.63, 3.8) is 0 Å². The van der Waals surface area contributed by atoms with E-state index in [0.717, 1.165) is 24.0 Å². The van der Waals surface area contributed by atoms with E-state index in [1.54, 1.807) is 38.2 Å². The molecule has 1 heterocycles. The number of phenolic OH excluding ortho intramolecular Hbond substituents is 1. The maximum atomic E-state index is 12.8. The number of hydrogen-bond donors (Lipinski definition) is 1. The van der Waals surface area contributed by atoms with Crippen LogP contribution in [0.3, 0.4) is 0 Å². The molecule has 0 aromatic heterocycles. The largest absolute Gasteiger partial charge is 0.507 e. The fourth-order valence-electron chi connectivity index (χ4n) is 3.59. The molecule has 29 heavy (non-hydrogen) atoms. The lowest BCUT2D eigenvalue weighted by atomic mass is 10.0. The molecule has 1 atom stereocenters. The Morgan fingerprint density at radius 3 is 2.66 bits per heavy atom. The summed E-state index contributed by atoms with van der Waals surface area (Å²) in [5, 5.41) is 9.86. The highest BCUT2D eigenvalue weighted by Gasteiger charge is 2.32. The van der Waals surface area contributed by atoms with Gasteiger partial charge >= 0.3 is 5.97 Å². The van der Waals surface area contributed by atoms with E-state index in [1.165, 1.54) is 12.1 Å². The molecule has 154 valence electrons. The summed E-state index contributed by atoms with van der Waals surface area (Å²) in [4.78, 5) is 26.8. The van der Waals surface area contributed by atoms with Gasteiger partial charge in [-0.3, -0.25) is 4.79 Å². The number of esters is 1. The van der Waals surface area contributed by atoms with Gasteiger partial charge in [0.05, 0.1) is 20.3 Å². The van der Waals surface area contributed by atoms with E-state index in [4.69, 9.17) is 14.2 Å². The SMILES string of the molecule is COc1ccc(OC)c([C@@H]2CCCN2C(=O)COC(=O)c2cc(C)ccc2O)c1. The van der Waals surface area contributed by atoms with Gasteiger partial charge in [-0.05, 0) is 50.1 Å². The van der Waals surface area contributed by atoms with Crippen molar-refractivity contribution in [1.29, 1.82) is 0 Å². The number of aryl methyl sites for hydroxylation is 1. The van der Waals surface area contributed by atoms with Crippen LogP contribution in [-0.2, 0) is 9.53 Å². The van der Waals surface area contributed by atoms with Crippen molar-refractivity contribution in [2.75, 3.05) is 27.4 Å². The number of rotatable bonds is 6. The average molecular weight is 399 g/mol. The number of likely N-dealkylation sites (tertiary alicyclic amines) is 1. The summed E-state index contributed by atoms with van der Waals surface area (Å²) in [5.74, 6) is 0.166. The van der Waals surface area contributed by atoms with Crippen LogP contribution >= 0.6 is 0 Å². The van der Waals surface area contributed by atoms with Gasteiger partial charge in [0.15, 0.2) is 6.61 Å². The molecule has 2 aromatic carbocycles. The Kier molecular flexibility index (Phi) is 6.26. The predicted octanol–water partition coefficient (Wildman–Crippen LogP) is 3.24. The minimum atomic E-state index is -0.728. The fraction of sp³-hybridized carbons (Fsp3) is 0.364. The highest BCUT2D eigenvalue weighted by Crippen LogP contribution is 2.39. The first-order chi connectivity index (χ1) is 13.9. The van der Waals surface area contributed by atoms with E-state index in [-0.39, 0.29) is 23.3 Å². The topological polar surface area (TPSA) is 85.3 Å². The molecule has 1 fully saturated rings. The molecule has 0 saturated carbocycles. The Hall–Kier alpha value is -3.22. The van der Waals surface area contributed by atoms with Crippen LogP contribution in [0.5, 0.6) is 17.2 Å². The molecule has 2 aromatic rings. The maximum absolute atomic E-state index is 12.8. The molecule has 3 rings (SSSR count). The first kappa shape index (κ1) is 20.5. The van der Waals surface area contributed by atoms with Crippen LogP contribution in [0.15, 0.2) is 36.4 Å². The molecule has 1 amide bonds. The lowest BCUT2D eigenvalue weighted by Gasteiger charge is -2.26. The third kappa shape index (κ3) is 4.45. The van der Waals surface area contributed by atoms with Crippen LogP contribution < -0.4 is 9.47 Å². The minimum absolute atomic E-state index is 0.0465. The van der Waals surface area contributed by atoms with Crippen LogP contribution in [-0.4, -0.2) is 49.3 Å². The number of nitrogens with zero attached hydrogens (tertiary/aromatic N) is 1. The van der Waals surface area contributed by atoms with E-state index in [0.29, 0.717) is 18.0 Å². The summed E-state index contributed by atoms with van der Waals surface area (Å²) >= 11 is 0. The Balaban J connectivity index is 1.72. The fourth-order valence-corrected chi connectivity index (χ4v) is 3.59. The zero-order valence-corrected chi connectivity index (χ0v) is 16.8. The third-order valence-corrected chi connectivity index (χ3v) is 5.07. The van der Waals surface area contributed by atoms with Gasteiger partial charge in [-0.15, -0.1) is 0 Å². The Morgan fingerprint density at radius 2 is 1.93 bits per heavy atom. The normalized spacial score (nSPS) is 15.8. The highest BCUT2D eigenvalue weighted by atomic mass is 16.5. The Morgan fingerprint density at radius 1 is 1.14 bits per heavy atom. The molecule has 7 nitrogen and oxygen atoms in total. The molecule has 0 bridgehead atoms. The number of carbonyl (C=O) groups excluding carboxylic acids is 2. The number of phenols is 1. The number of hydrogen-bond acceptors (Lipinski definition) is 6. The Labute approximate surface area is 169 Å². The molecule has 1 aliphatic rings. The van der Waals surface area contributed by atoms with Crippen LogP contribution in [0.1, 0.15) is 40.4 Å². The lowest BCUT2D eigenvalue weighted by molar-refractivity contribution is -0.135. The van der Waals surface area contributed by atoms with Crippen molar-refractivity contribution in [1.82, 2.24) is 4.90 Å². The van der Waals surface area contributed by atoms with Gasteiger partial charge in [-0.25, -0.2) is 4.79 Å². The summed E-state index contributed by atoms with van der Waals surface area (Å²) in [6, 6.07) is 9.95. The van der Waals surface area contributed by atoms with Gasteiger partial charge in [-0.1, -0.05) is 11.6 Å². The summed E-state index contributed by atoms with van der Waals surface area (Å²) < 4.78 is 15.9. The average Bonchev–Trinajstić information content (AvgIpc) is 3.22. The second kappa shape index (κ2) is 8.86. The number of benzene rings is 2. The summed E-state index contributed by atoms with van der Waals surface area (Å²) in [7, 11) is 3.17. The first-order valence-electron chi connectivity index (χ1n) is 9.42. The van der Waals surface area contributed by atoms with Gasteiger partial charge in [0.25, 0.3) is 5.91 Å². The van der Waals surface area contributed by atoms with E-state index in [2.05, 4.69) is 0 Å². The number of methoxy groups -OCH3 is 2. The van der Waals surface area contributed by atoms with Crippen molar-refractivity contribution >= 4 is 11.9 Å². The van der Waals surface area contributed by atoms with Crippen molar-refractivity contribution in [2.45, 2.75) is 25.8 Å². The number of amides is 1. The molecule has 7 heteroatoms. The summed E-state index contributed by atoms with van der Waals surface area (Å²) in [6.45, 7) is 1.98. The molecule has 0 radical (unpaired) electrons. The molecule has 1 saturated heterocycles. The van der Waals surface area contributed by atoms with E-state index < -0.39 is 12.6 Å². The second-order valence-corrected chi connectivity index (χ2v) is 6.95. The van der Waals surface area contributed by atoms with Gasteiger partial charge in [0.2, 0.25) is 0 Å². The molecule has 0 spiro atoms. The van der Waals surface area contributed by atoms with Crippen molar-refractivity contribution in [3.05, 3.63) is 53.1 Å². The molecular weight excluding hydrogens is 374 g/mol. The quantitative estimate of drug-likeness (QED) is 0.751. The lowest BCUT2D eigenvalue weighted by Crippen LogP contribution is -2.34. The number of ether oxygens (including phenoxy) is 3. The smallest absolute Gasteiger partial charge is 0.342 e. The van der Waals surface area contributed by atoms with E-state index in [1.807, 2.05) is 12.1 Å². The molecule has 0 unspecified atom stereocenters. The third-order valence-electron chi connectivity index (χ3n) is 5.07. The Bertz CT molecular complexity index is 910. The molecule has 1 N–H and O–H groups in total. The predicted molar refractivity (Wildman–Crippen MR) is 106 cm³/mol. The number of carbonyl (C=O) groups is 2. The van der Waals surface area contributed by atoms with Crippen molar-refractivity contribution < 1.29 is 28.9 Å². The van der Waals surface area contributed by atoms with Crippen LogP contribution in [0.4, 0.5) is 0 Å².